The van der Waals surface area contributed by atoms with Crippen LogP contribution in [0.2, 0.25) is 0 Å². The van der Waals surface area contributed by atoms with Crippen LogP contribution >= 0.6 is 0 Å². The van der Waals surface area contributed by atoms with Gasteiger partial charge in [-0.15, -0.1) is 0 Å². The lowest BCUT2D eigenvalue weighted by atomic mass is 9.66. The van der Waals surface area contributed by atoms with E-state index in [1.54, 1.807) is 19.1 Å². The normalized spacial score (nSPS) is 36.1. The second kappa shape index (κ2) is 4.56. The molecule has 5 atom stereocenters. The van der Waals surface area contributed by atoms with Crippen LogP contribution in [0.5, 0.6) is 0 Å². The number of hydrogen-bond acceptors (Lipinski definition) is 4. The van der Waals surface area contributed by atoms with E-state index in [-0.39, 0.29) is 0 Å². The molecule has 2 aliphatic heterocycles. The summed E-state index contributed by atoms with van der Waals surface area (Å²) in [5.41, 5.74) is 0. The van der Waals surface area contributed by atoms with Gasteiger partial charge in [0.25, 0.3) is 0 Å². The Hall–Kier alpha value is -2.05. The van der Waals surface area contributed by atoms with Gasteiger partial charge >= 0.3 is 18.0 Å². The Bertz CT molecular complexity index is 459. The third-order valence-corrected chi connectivity index (χ3v) is 3.97. The quantitative estimate of drug-likeness (QED) is 0.704. The summed E-state index contributed by atoms with van der Waals surface area (Å²) in [6.07, 6.45) is 2.63. The number of rotatable bonds is 2. The molecule has 3 aliphatic rings. The average Bonchev–Trinajstić information content (AvgIpc) is 2.37. The Morgan fingerprint density at radius 3 is 2.16 bits per heavy atom. The highest BCUT2D eigenvalue weighted by Gasteiger charge is 2.56. The number of carbonyl (C=O) groups is 3. The highest BCUT2D eigenvalue weighted by Crippen LogP contribution is 2.43. The fraction of sp³-hybridized carbons (Fsp3) is 0.583. The Morgan fingerprint density at radius 2 is 1.68 bits per heavy atom. The van der Waals surface area contributed by atoms with Gasteiger partial charge < -0.3 is 14.9 Å². The summed E-state index contributed by atoms with van der Waals surface area (Å²) >= 11 is 0. The van der Waals surface area contributed by atoms with Crippen LogP contribution in [0.4, 0.5) is 4.79 Å². The lowest BCUT2D eigenvalue weighted by molar-refractivity contribution is -0.164. The van der Waals surface area contributed by atoms with Crippen LogP contribution in [-0.2, 0) is 14.3 Å². The zero-order valence-electron chi connectivity index (χ0n) is 10.5. The number of fused-ring (bicyclic) bond motifs is 2. The smallest absolute Gasteiger partial charge is 0.410 e. The summed E-state index contributed by atoms with van der Waals surface area (Å²) in [5.74, 6) is -5.07. The first-order chi connectivity index (χ1) is 8.90. The molecular weight excluding hydrogens is 254 g/mol. The predicted octanol–water partition coefficient (Wildman–Crippen LogP) is 0.413. The number of ether oxygens (including phenoxy) is 1. The fourth-order valence-electron chi connectivity index (χ4n) is 3.13. The molecule has 0 unspecified atom stereocenters. The molecule has 0 aromatic rings. The topological polar surface area (TPSA) is 104 Å². The fourth-order valence-corrected chi connectivity index (χ4v) is 3.13. The van der Waals surface area contributed by atoms with Crippen molar-refractivity contribution in [1.29, 1.82) is 0 Å². The number of methoxy groups -OCH3 is 1. The van der Waals surface area contributed by atoms with Crippen molar-refractivity contribution in [3.8, 4) is 0 Å². The number of carbonyl (C=O) groups excluding carboxylic acids is 1. The molecule has 19 heavy (non-hydrogen) atoms. The predicted molar refractivity (Wildman–Crippen MR) is 62.4 cm³/mol. The van der Waals surface area contributed by atoms with Crippen molar-refractivity contribution >= 4 is 18.0 Å². The van der Waals surface area contributed by atoms with Crippen LogP contribution in [0.1, 0.15) is 6.92 Å². The van der Waals surface area contributed by atoms with Gasteiger partial charge in [0, 0.05) is 12.0 Å². The summed E-state index contributed by atoms with van der Waals surface area (Å²) in [7, 11) is 1.21. The average molecular weight is 269 g/mol. The molecular formula is C12H15NO6. The summed E-state index contributed by atoms with van der Waals surface area (Å²) in [6.45, 7) is 1.70. The van der Waals surface area contributed by atoms with Gasteiger partial charge in [0.05, 0.1) is 25.0 Å². The van der Waals surface area contributed by atoms with Crippen molar-refractivity contribution in [1.82, 2.24) is 4.90 Å². The molecule has 0 radical (unpaired) electrons. The largest absolute Gasteiger partial charge is 0.481 e. The first-order valence-electron chi connectivity index (χ1n) is 5.90. The van der Waals surface area contributed by atoms with Gasteiger partial charge in [0.2, 0.25) is 0 Å². The molecule has 0 spiro atoms. The Labute approximate surface area is 109 Å². The first-order valence-corrected chi connectivity index (χ1v) is 5.90. The van der Waals surface area contributed by atoms with Gasteiger partial charge in [-0.05, 0) is 6.92 Å². The molecule has 0 aromatic carbocycles. The van der Waals surface area contributed by atoms with Crippen LogP contribution in [0.25, 0.3) is 0 Å². The zero-order valence-corrected chi connectivity index (χ0v) is 10.5. The monoisotopic (exact) mass is 269 g/mol. The minimum Gasteiger partial charge on any atom is -0.481 e. The second-order valence-electron chi connectivity index (χ2n) is 4.80. The molecule has 3 rings (SSSR count). The SMILES string of the molecule is COC(=O)N1[C@@H]2C=C[C@H]([C@@H](C(=O)O)[C@H]2C(=O)O)[C@@H]1C. The highest BCUT2D eigenvalue weighted by atomic mass is 16.5. The maximum absolute atomic E-state index is 11.7. The van der Waals surface area contributed by atoms with Crippen LogP contribution in [-0.4, -0.2) is 52.3 Å². The van der Waals surface area contributed by atoms with Gasteiger partial charge in [-0.2, -0.15) is 0 Å². The maximum Gasteiger partial charge on any atom is 0.410 e. The van der Waals surface area contributed by atoms with Gasteiger partial charge in [-0.3, -0.25) is 14.5 Å². The molecule has 7 nitrogen and oxygen atoms in total. The molecule has 1 aliphatic carbocycles. The van der Waals surface area contributed by atoms with Crippen LogP contribution in [0.3, 0.4) is 0 Å². The van der Waals surface area contributed by atoms with E-state index < -0.39 is 47.9 Å². The molecule has 2 bridgehead atoms. The van der Waals surface area contributed by atoms with Gasteiger partial charge in [-0.25, -0.2) is 4.79 Å². The van der Waals surface area contributed by atoms with Gasteiger partial charge in [0.15, 0.2) is 0 Å². The number of nitrogens with zero attached hydrogens (tertiary/aromatic N) is 1. The van der Waals surface area contributed by atoms with E-state index in [4.69, 9.17) is 0 Å². The first kappa shape index (κ1) is 13.4. The van der Waals surface area contributed by atoms with Crippen molar-refractivity contribution in [2.75, 3.05) is 7.11 Å². The van der Waals surface area contributed by atoms with Crippen molar-refractivity contribution in [2.45, 2.75) is 19.0 Å². The second-order valence-corrected chi connectivity index (χ2v) is 4.80. The summed E-state index contributed by atoms with van der Waals surface area (Å²) in [6, 6.07) is -1.19. The van der Waals surface area contributed by atoms with E-state index in [1.165, 1.54) is 12.0 Å². The summed E-state index contributed by atoms with van der Waals surface area (Å²) in [4.78, 5) is 35.7. The van der Waals surface area contributed by atoms with E-state index in [2.05, 4.69) is 4.74 Å². The Kier molecular flexibility index (Phi) is 3.21. The van der Waals surface area contributed by atoms with Crippen molar-refractivity contribution in [3.63, 3.8) is 0 Å². The molecule has 2 N–H and O–H groups in total. The third kappa shape index (κ3) is 1.85. The minimum atomic E-state index is -1.22. The van der Waals surface area contributed by atoms with Crippen LogP contribution in [0.15, 0.2) is 12.2 Å². The lowest BCUT2D eigenvalue weighted by Gasteiger charge is -2.51. The number of carboxylic acid groups (broad SMARTS) is 2. The number of amides is 1. The van der Waals surface area contributed by atoms with E-state index in [9.17, 15) is 24.6 Å². The molecule has 0 saturated carbocycles. The molecule has 0 aromatic heterocycles. The number of hydrogen-bond donors (Lipinski definition) is 2. The van der Waals surface area contributed by atoms with E-state index in [1.807, 2.05) is 0 Å². The number of carboxylic acids is 2. The molecule has 1 amide bonds. The molecule has 2 heterocycles. The van der Waals surface area contributed by atoms with E-state index in [0.29, 0.717) is 0 Å². The number of aliphatic carboxylic acids is 2. The third-order valence-electron chi connectivity index (χ3n) is 3.97. The molecule has 1 saturated heterocycles. The molecule has 104 valence electrons. The Balaban J connectivity index is 2.45. The zero-order chi connectivity index (χ0) is 14.3. The van der Waals surface area contributed by atoms with Gasteiger partial charge in [-0.1, -0.05) is 12.2 Å². The number of piperidine rings is 1. The van der Waals surface area contributed by atoms with Crippen LogP contribution in [0, 0.1) is 17.8 Å². The van der Waals surface area contributed by atoms with E-state index in [0.717, 1.165) is 0 Å². The van der Waals surface area contributed by atoms with Gasteiger partial charge in [0.1, 0.15) is 0 Å². The van der Waals surface area contributed by atoms with E-state index >= 15 is 0 Å². The summed E-state index contributed by atoms with van der Waals surface area (Å²) < 4.78 is 4.65. The molecule has 7 heteroatoms. The van der Waals surface area contributed by atoms with Crippen molar-refractivity contribution in [3.05, 3.63) is 12.2 Å². The standard InChI is InChI=1S/C12H15NO6/c1-5-6-3-4-7(13(5)12(18)19-2)9(11(16)17)8(6)10(14)15/h3-9H,1-2H3,(H,14,15)(H,16,17)/t5-,6-,7+,8+,9-/m0/s1. The molecule has 1 fully saturated rings. The minimum absolute atomic E-state index is 0.404. The highest BCUT2D eigenvalue weighted by molar-refractivity contribution is 5.84. The van der Waals surface area contributed by atoms with Crippen molar-refractivity contribution < 1.29 is 29.3 Å². The lowest BCUT2D eigenvalue weighted by Crippen LogP contribution is -2.64. The maximum atomic E-state index is 11.7. The van der Waals surface area contributed by atoms with Crippen LogP contribution < -0.4 is 0 Å². The summed E-state index contributed by atoms with van der Waals surface area (Å²) in [5, 5.41) is 18.5. The Morgan fingerprint density at radius 1 is 1.11 bits per heavy atom. The van der Waals surface area contributed by atoms with Crippen molar-refractivity contribution in [2.24, 2.45) is 17.8 Å².